The number of benzene rings is 1. The fourth-order valence-corrected chi connectivity index (χ4v) is 3.98. The highest BCUT2D eigenvalue weighted by Gasteiger charge is 2.24. The maximum Gasteiger partial charge on any atom is 0.524 e. The van der Waals surface area contributed by atoms with Crippen molar-refractivity contribution in [3.63, 3.8) is 0 Å². The Balaban J connectivity index is 2.01. The third kappa shape index (κ3) is 5.00. The smallest absolute Gasteiger partial charge is 0.497 e. The number of rotatable bonds is 7. The Bertz CT molecular complexity index is 924. The monoisotopic (exact) mass is 404 g/mol. The Hall–Kier alpha value is -2.18. The number of allylic oxidation sites excluding steroid dienone is 1. The van der Waals surface area contributed by atoms with Gasteiger partial charge in [-0.25, -0.2) is 4.57 Å². The van der Waals surface area contributed by atoms with Crippen molar-refractivity contribution in [2.24, 2.45) is 11.8 Å². The summed E-state index contributed by atoms with van der Waals surface area (Å²) in [5.41, 5.74) is 1.25. The van der Waals surface area contributed by atoms with Gasteiger partial charge in [0.1, 0.15) is 11.5 Å². The maximum absolute atomic E-state index is 11.6. The van der Waals surface area contributed by atoms with Crippen LogP contribution in [-0.4, -0.2) is 35.0 Å². The third-order valence-electron chi connectivity index (χ3n) is 5.02. The number of nitrogens with one attached hydrogen (secondary N) is 1. The van der Waals surface area contributed by atoms with Crippen LogP contribution in [-0.2, 0) is 9.09 Å². The molecule has 2 heterocycles. The number of phosphoric acid groups is 1. The zero-order chi connectivity index (χ0) is 20.1. The Morgan fingerprint density at radius 2 is 2.25 bits per heavy atom. The van der Waals surface area contributed by atoms with E-state index in [-0.39, 0.29) is 5.76 Å². The second-order valence-corrected chi connectivity index (χ2v) is 7.94. The summed E-state index contributed by atoms with van der Waals surface area (Å²) in [4.78, 5) is 23.2. The molecule has 0 aliphatic carbocycles. The van der Waals surface area contributed by atoms with E-state index in [0.29, 0.717) is 40.5 Å². The minimum absolute atomic E-state index is 0.148. The van der Waals surface area contributed by atoms with Gasteiger partial charge < -0.3 is 14.6 Å². The first kappa shape index (κ1) is 20.6. The van der Waals surface area contributed by atoms with Gasteiger partial charge >= 0.3 is 7.82 Å². The standard InChI is InChI=1S/C20H25N2O5P/c1-3-14-13-21-10-8-15(14)4-7-20(27-28(23,24)25)17-9-11-22-19-6-5-16(26-2)12-18(17)19/h3,5-7,9,11-12,14-15,21H,1,4,8,10,13H2,2H3,(H2,23,24,25)/b20-7-. The van der Waals surface area contributed by atoms with Crippen LogP contribution in [0.3, 0.4) is 0 Å². The molecular weight excluding hydrogens is 379 g/mol. The van der Waals surface area contributed by atoms with Crippen LogP contribution >= 0.6 is 7.82 Å². The van der Waals surface area contributed by atoms with E-state index in [0.717, 1.165) is 19.5 Å². The van der Waals surface area contributed by atoms with Crippen molar-refractivity contribution in [3.8, 4) is 5.75 Å². The Kier molecular flexibility index (Phi) is 6.52. The van der Waals surface area contributed by atoms with Gasteiger partial charge in [0.2, 0.25) is 0 Å². The van der Waals surface area contributed by atoms with Crippen LogP contribution in [0.4, 0.5) is 0 Å². The second kappa shape index (κ2) is 8.88. The van der Waals surface area contributed by atoms with Gasteiger partial charge in [-0.3, -0.25) is 14.8 Å². The minimum atomic E-state index is -4.73. The van der Waals surface area contributed by atoms with Crippen molar-refractivity contribution in [1.82, 2.24) is 10.3 Å². The van der Waals surface area contributed by atoms with Gasteiger partial charge in [-0.15, -0.1) is 6.58 Å². The fraction of sp³-hybridized carbons (Fsp3) is 0.350. The number of ether oxygens (including phenoxy) is 1. The molecule has 1 aliphatic rings. The van der Waals surface area contributed by atoms with E-state index in [9.17, 15) is 14.4 Å². The van der Waals surface area contributed by atoms with Gasteiger partial charge in [-0.1, -0.05) is 6.08 Å². The molecule has 28 heavy (non-hydrogen) atoms. The van der Waals surface area contributed by atoms with Crippen molar-refractivity contribution < 1.29 is 23.6 Å². The molecule has 2 aromatic rings. The summed E-state index contributed by atoms with van der Waals surface area (Å²) >= 11 is 0. The highest BCUT2D eigenvalue weighted by atomic mass is 31.2. The van der Waals surface area contributed by atoms with Crippen molar-refractivity contribution in [1.29, 1.82) is 0 Å². The topological polar surface area (TPSA) is 101 Å². The SMILES string of the molecule is C=CC1CNCCC1C/C=C(\OP(=O)(O)O)c1ccnc2ccc(OC)cc12. The lowest BCUT2D eigenvalue weighted by atomic mass is 9.84. The zero-order valence-electron chi connectivity index (χ0n) is 15.7. The third-order valence-corrected chi connectivity index (χ3v) is 5.45. The second-order valence-electron chi connectivity index (χ2n) is 6.78. The molecule has 0 bridgehead atoms. The summed E-state index contributed by atoms with van der Waals surface area (Å²) < 4.78 is 22.0. The number of hydrogen-bond donors (Lipinski definition) is 3. The molecule has 1 aliphatic heterocycles. The molecule has 3 N–H and O–H groups in total. The first-order valence-electron chi connectivity index (χ1n) is 9.13. The van der Waals surface area contributed by atoms with Crippen LogP contribution < -0.4 is 10.1 Å². The van der Waals surface area contributed by atoms with E-state index in [1.54, 1.807) is 43.6 Å². The molecule has 0 saturated carbocycles. The summed E-state index contributed by atoms with van der Waals surface area (Å²) in [6.45, 7) is 5.66. The summed E-state index contributed by atoms with van der Waals surface area (Å²) in [7, 11) is -3.17. The fourth-order valence-electron chi connectivity index (χ4n) is 3.56. The van der Waals surface area contributed by atoms with Crippen molar-refractivity contribution in [2.75, 3.05) is 20.2 Å². The van der Waals surface area contributed by atoms with Gasteiger partial charge in [-0.2, -0.15) is 0 Å². The van der Waals surface area contributed by atoms with Crippen molar-refractivity contribution in [2.45, 2.75) is 12.8 Å². The molecule has 3 rings (SSSR count). The number of aromatic nitrogens is 1. The minimum Gasteiger partial charge on any atom is -0.497 e. The molecule has 1 fully saturated rings. The molecule has 150 valence electrons. The van der Waals surface area contributed by atoms with Gasteiger partial charge in [0.25, 0.3) is 0 Å². The Morgan fingerprint density at radius 3 is 2.96 bits per heavy atom. The first-order chi connectivity index (χ1) is 13.4. The average molecular weight is 404 g/mol. The van der Waals surface area contributed by atoms with Crippen LogP contribution in [0.2, 0.25) is 0 Å². The maximum atomic E-state index is 11.6. The number of phosphoric ester groups is 1. The van der Waals surface area contributed by atoms with Crippen molar-refractivity contribution in [3.05, 3.63) is 54.8 Å². The number of pyridine rings is 1. The van der Waals surface area contributed by atoms with Crippen LogP contribution in [0.5, 0.6) is 5.75 Å². The lowest BCUT2D eigenvalue weighted by Gasteiger charge is -2.29. The lowest BCUT2D eigenvalue weighted by molar-refractivity contribution is 0.267. The number of methoxy groups -OCH3 is 1. The first-order valence-corrected chi connectivity index (χ1v) is 10.7. The van der Waals surface area contributed by atoms with Crippen LogP contribution in [0.15, 0.2) is 49.2 Å². The highest BCUT2D eigenvalue weighted by Crippen LogP contribution is 2.43. The molecule has 0 spiro atoms. The summed E-state index contributed by atoms with van der Waals surface area (Å²) in [6.07, 6.45) is 6.88. The molecular formula is C20H25N2O5P. The van der Waals surface area contributed by atoms with E-state index in [4.69, 9.17) is 9.26 Å². The largest absolute Gasteiger partial charge is 0.524 e. The Morgan fingerprint density at radius 1 is 1.43 bits per heavy atom. The van der Waals surface area contributed by atoms with E-state index < -0.39 is 7.82 Å². The molecule has 2 atom stereocenters. The molecule has 0 amide bonds. The Labute approximate surface area is 164 Å². The number of piperidine rings is 1. The molecule has 1 aromatic carbocycles. The average Bonchev–Trinajstić information content (AvgIpc) is 2.69. The van der Waals surface area contributed by atoms with E-state index in [1.807, 2.05) is 6.08 Å². The van der Waals surface area contributed by atoms with Gasteiger partial charge in [-0.05, 0) is 61.6 Å². The van der Waals surface area contributed by atoms with E-state index >= 15 is 0 Å². The molecule has 1 saturated heterocycles. The van der Waals surface area contributed by atoms with Gasteiger partial charge in [0.05, 0.1) is 12.6 Å². The lowest BCUT2D eigenvalue weighted by Crippen LogP contribution is -2.35. The predicted octanol–water partition coefficient (Wildman–Crippen LogP) is 3.50. The summed E-state index contributed by atoms with van der Waals surface area (Å²) in [5.74, 6) is 1.41. The quantitative estimate of drug-likeness (QED) is 0.369. The summed E-state index contributed by atoms with van der Waals surface area (Å²) in [5, 5.41) is 4.04. The van der Waals surface area contributed by atoms with Gasteiger partial charge in [0, 0.05) is 23.7 Å². The normalized spacial score (nSPS) is 20.8. The van der Waals surface area contributed by atoms with E-state index in [2.05, 4.69) is 16.9 Å². The molecule has 2 unspecified atom stereocenters. The van der Waals surface area contributed by atoms with E-state index in [1.165, 1.54) is 0 Å². The predicted molar refractivity (Wildman–Crippen MR) is 109 cm³/mol. The number of fused-ring (bicyclic) bond motifs is 1. The zero-order valence-corrected chi connectivity index (χ0v) is 16.6. The molecule has 1 aromatic heterocycles. The van der Waals surface area contributed by atoms with Crippen LogP contribution in [0, 0.1) is 11.8 Å². The summed E-state index contributed by atoms with van der Waals surface area (Å²) in [6, 6.07) is 7.06. The van der Waals surface area contributed by atoms with Crippen LogP contribution in [0.25, 0.3) is 16.7 Å². The van der Waals surface area contributed by atoms with Gasteiger partial charge in [0.15, 0.2) is 0 Å². The number of nitrogens with zero attached hydrogens (tertiary/aromatic N) is 1. The molecule has 0 radical (unpaired) electrons. The van der Waals surface area contributed by atoms with Crippen molar-refractivity contribution >= 4 is 24.5 Å². The van der Waals surface area contributed by atoms with Crippen LogP contribution in [0.1, 0.15) is 18.4 Å². The highest BCUT2D eigenvalue weighted by molar-refractivity contribution is 7.46. The molecule has 8 heteroatoms. The molecule has 7 nitrogen and oxygen atoms in total. The number of hydrogen-bond acceptors (Lipinski definition) is 5.